The Kier molecular flexibility index (Phi) is 6.39. The van der Waals surface area contributed by atoms with Gasteiger partial charge in [-0.25, -0.2) is 4.98 Å². The molecule has 2 aromatic heterocycles. The zero-order valence-corrected chi connectivity index (χ0v) is 19.1. The van der Waals surface area contributed by atoms with Crippen molar-refractivity contribution in [3.8, 4) is 22.6 Å². The number of thiazole rings is 1. The largest absolute Gasteiger partial charge is 0.457 e. The van der Waals surface area contributed by atoms with Crippen molar-refractivity contribution < 1.29 is 9.21 Å². The summed E-state index contributed by atoms with van der Waals surface area (Å²) in [6.07, 6.45) is 2.99. The Morgan fingerprint density at radius 2 is 1.77 bits per heavy atom. The van der Waals surface area contributed by atoms with Gasteiger partial charge in [-0.15, -0.1) is 11.3 Å². The first-order chi connectivity index (χ1) is 14.5. The molecule has 4 nitrogen and oxygen atoms in total. The van der Waals surface area contributed by atoms with Crippen LogP contribution in [-0.4, -0.2) is 10.9 Å². The molecule has 0 bridgehead atoms. The Hall–Kier alpha value is -2.38. The van der Waals surface area contributed by atoms with Gasteiger partial charge in [0.05, 0.1) is 5.69 Å². The third kappa shape index (κ3) is 5.21. The fraction of sp³-hybridized carbons (Fsp3) is 0. The van der Waals surface area contributed by atoms with Crippen molar-refractivity contribution in [2.45, 2.75) is 0 Å². The predicted octanol–water partition coefficient (Wildman–Crippen LogP) is 7.79. The number of halogens is 3. The maximum absolute atomic E-state index is 12.2. The quantitative estimate of drug-likeness (QED) is 0.274. The molecular formula is C22H13BrCl2N2O2S. The summed E-state index contributed by atoms with van der Waals surface area (Å²) in [6, 6.07) is 16.6. The van der Waals surface area contributed by atoms with Gasteiger partial charge < -0.3 is 4.42 Å². The highest BCUT2D eigenvalue weighted by atomic mass is 79.9. The summed E-state index contributed by atoms with van der Waals surface area (Å²) < 4.78 is 6.75. The van der Waals surface area contributed by atoms with Gasteiger partial charge in [0.2, 0.25) is 5.91 Å². The number of carbonyl (C=O) groups excluding carboxylic acids is 1. The average molecular weight is 520 g/mol. The minimum atomic E-state index is -0.296. The molecule has 0 radical (unpaired) electrons. The molecule has 4 rings (SSSR count). The lowest BCUT2D eigenvalue weighted by Crippen LogP contribution is -2.07. The highest BCUT2D eigenvalue weighted by molar-refractivity contribution is 9.10. The lowest BCUT2D eigenvalue weighted by molar-refractivity contribution is -0.111. The molecular weight excluding hydrogens is 507 g/mol. The van der Waals surface area contributed by atoms with Crippen molar-refractivity contribution in [3.05, 3.63) is 86.3 Å². The Bertz CT molecular complexity index is 1210. The highest BCUT2D eigenvalue weighted by Gasteiger charge is 2.08. The molecule has 1 N–H and O–H groups in total. The summed E-state index contributed by atoms with van der Waals surface area (Å²) in [5.74, 6) is 0.847. The van der Waals surface area contributed by atoms with E-state index in [-0.39, 0.29) is 5.91 Å². The zero-order valence-electron chi connectivity index (χ0n) is 15.2. The van der Waals surface area contributed by atoms with Crippen LogP contribution in [0.3, 0.4) is 0 Å². The number of amides is 1. The van der Waals surface area contributed by atoms with E-state index in [1.165, 1.54) is 17.4 Å². The predicted molar refractivity (Wildman–Crippen MR) is 127 cm³/mol. The smallest absolute Gasteiger partial charge is 0.250 e. The number of hydrogen-bond acceptors (Lipinski definition) is 4. The number of nitrogens with zero attached hydrogens (tertiary/aromatic N) is 1. The summed E-state index contributed by atoms with van der Waals surface area (Å²) in [4.78, 5) is 16.7. The molecule has 150 valence electrons. The minimum absolute atomic E-state index is 0.296. The number of carbonyl (C=O) groups is 1. The van der Waals surface area contributed by atoms with Gasteiger partial charge in [0.25, 0.3) is 0 Å². The SMILES string of the molecule is O=C(/C=C/c1ccc(-c2cc(Cl)cc(Cl)c2)o1)Nc1nc(-c2ccc(Br)cc2)cs1. The number of rotatable bonds is 5. The van der Waals surface area contributed by atoms with E-state index in [4.69, 9.17) is 27.6 Å². The molecule has 30 heavy (non-hydrogen) atoms. The van der Waals surface area contributed by atoms with Crippen molar-refractivity contribution in [2.75, 3.05) is 5.32 Å². The first-order valence-corrected chi connectivity index (χ1v) is 11.2. The Balaban J connectivity index is 1.41. The second kappa shape index (κ2) is 9.18. The van der Waals surface area contributed by atoms with Gasteiger partial charge in [-0.1, -0.05) is 51.3 Å². The summed E-state index contributed by atoms with van der Waals surface area (Å²) in [7, 11) is 0. The van der Waals surface area contributed by atoms with Gasteiger partial charge in [-0.3, -0.25) is 10.1 Å². The van der Waals surface area contributed by atoms with E-state index in [9.17, 15) is 4.79 Å². The Labute approximate surface area is 195 Å². The Morgan fingerprint density at radius 1 is 1.03 bits per heavy atom. The summed E-state index contributed by atoms with van der Waals surface area (Å²) >= 11 is 16.8. The fourth-order valence-electron chi connectivity index (χ4n) is 2.68. The van der Waals surface area contributed by atoms with Crippen molar-refractivity contribution in [2.24, 2.45) is 0 Å². The number of nitrogens with one attached hydrogen (secondary N) is 1. The lowest BCUT2D eigenvalue weighted by atomic mass is 10.2. The van der Waals surface area contributed by atoms with Crippen LogP contribution >= 0.6 is 50.5 Å². The summed E-state index contributed by atoms with van der Waals surface area (Å²) in [5.41, 5.74) is 2.55. The third-order valence-corrected chi connectivity index (χ3v) is 5.77. The standard InChI is InChI=1S/C22H13BrCl2N2O2S/c23-15-3-1-13(2-4-15)19-12-30-22(26-19)27-21(28)8-6-18-5-7-20(29-18)14-9-16(24)11-17(25)10-14/h1-12H,(H,26,27,28)/b8-6+. The minimum Gasteiger partial charge on any atom is -0.457 e. The summed E-state index contributed by atoms with van der Waals surface area (Å²) in [6.45, 7) is 0. The number of aromatic nitrogens is 1. The second-order valence-corrected chi connectivity index (χ2v) is 8.87. The van der Waals surface area contributed by atoms with Crippen molar-refractivity contribution >= 4 is 67.6 Å². The molecule has 0 atom stereocenters. The number of anilines is 1. The molecule has 0 saturated carbocycles. The van der Waals surface area contributed by atoms with Gasteiger partial charge >= 0.3 is 0 Å². The van der Waals surface area contributed by atoms with Crippen LogP contribution in [-0.2, 0) is 4.79 Å². The molecule has 2 heterocycles. The fourth-order valence-corrected chi connectivity index (χ4v) is 4.20. The number of benzene rings is 2. The maximum Gasteiger partial charge on any atom is 0.250 e. The van der Waals surface area contributed by atoms with Crippen LogP contribution in [0.5, 0.6) is 0 Å². The van der Waals surface area contributed by atoms with Gasteiger partial charge in [0.1, 0.15) is 11.5 Å². The van der Waals surface area contributed by atoms with Crippen LogP contribution < -0.4 is 5.32 Å². The normalized spacial score (nSPS) is 11.2. The van der Waals surface area contributed by atoms with Crippen LogP contribution in [0.15, 0.2) is 74.9 Å². The van der Waals surface area contributed by atoms with Crippen LogP contribution in [0.2, 0.25) is 10.0 Å². The van der Waals surface area contributed by atoms with Crippen molar-refractivity contribution in [1.82, 2.24) is 4.98 Å². The molecule has 0 aliphatic rings. The molecule has 0 aliphatic carbocycles. The molecule has 2 aromatic carbocycles. The van der Waals surface area contributed by atoms with Crippen LogP contribution in [0.1, 0.15) is 5.76 Å². The number of furan rings is 1. The zero-order chi connectivity index (χ0) is 21.1. The Morgan fingerprint density at radius 3 is 2.50 bits per heavy atom. The van der Waals surface area contributed by atoms with E-state index in [1.54, 1.807) is 36.4 Å². The van der Waals surface area contributed by atoms with Crippen LogP contribution in [0.4, 0.5) is 5.13 Å². The molecule has 0 aliphatic heterocycles. The monoisotopic (exact) mass is 518 g/mol. The molecule has 1 amide bonds. The third-order valence-electron chi connectivity index (χ3n) is 4.05. The highest BCUT2D eigenvalue weighted by Crippen LogP contribution is 2.29. The molecule has 4 aromatic rings. The maximum atomic E-state index is 12.2. The first-order valence-electron chi connectivity index (χ1n) is 8.73. The first kappa shape index (κ1) is 20.9. The van der Waals surface area contributed by atoms with Gasteiger partial charge in [-0.05, 0) is 48.5 Å². The number of hydrogen-bond donors (Lipinski definition) is 1. The topological polar surface area (TPSA) is 55.1 Å². The molecule has 0 saturated heterocycles. The molecule has 0 spiro atoms. The van der Waals surface area contributed by atoms with Crippen molar-refractivity contribution in [3.63, 3.8) is 0 Å². The molecule has 0 unspecified atom stereocenters. The van der Waals surface area contributed by atoms with Crippen LogP contribution in [0.25, 0.3) is 28.7 Å². The molecule has 0 fully saturated rings. The van der Waals surface area contributed by atoms with E-state index in [0.29, 0.717) is 26.7 Å². The van der Waals surface area contributed by atoms with E-state index in [2.05, 4.69) is 26.2 Å². The van der Waals surface area contributed by atoms with E-state index in [0.717, 1.165) is 21.3 Å². The van der Waals surface area contributed by atoms with E-state index in [1.807, 2.05) is 29.6 Å². The van der Waals surface area contributed by atoms with Crippen molar-refractivity contribution in [1.29, 1.82) is 0 Å². The van der Waals surface area contributed by atoms with Gasteiger partial charge in [-0.2, -0.15) is 0 Å². The molecule has 8 heteroatoms. The summed E-state index contributed by atoms with van der Waals surface area (Å²) in [5, 5.41) is 6.24. The average Bonchev–Trinajstić information content (AvgIpc) is 3.36. The van der Waals surface area contributed by atoms with Crippen LogP contribution in [0, 0.1) is 0 Å². The lowest BCUT2D eigenvalue weighted by Gasteiger charge is -1.99. The van der Waals surface area contributed by atoms with E-state index >= 15 is 0 Å². The van der Waals surface area contributed by atoms with Gasteiger partial charge in [0.15, 0.2) is 5.13 Å². The second-order valence-electron chi connectivity index (χ2n) is 6.23. The van der Waals surface area contributed by atoms with E-state index < -0.39 is 0 Å². The van der Waals surface area contributed by atoms with Gasteiger partial charge in [0, 0.05) is 37.1 Å².